The molecule has 3 heterocycles. The van der Waals surface area contributed by atoms with Crippen LogP contribution in [0, 0.1) is 5.82 Å². The summed E-state index contributed by atoms with van der Waals surface area (Å²) in [5, 5.41) is 9.18. The molecule has 2 aromatic heterocycles. The lowest BCUT2D eigenvalue weighted by Gasteiger charge is -2.26. The minimum absolute atomic E-state index is 0.00785. The number of hydrogen-bond donors (Lipinski definition) is 3. The molecule has 0 aliphatic carbocycles. The quantitative estimate of drug-likeness (QED) is 0.484. The minimum atomic E-state index is -4.44. The summed E-state index contributed by atoms with van der Waals surface area (Å²) in [5.41, 5.74) is 6.22. The maximum Gasteiger partial charge on any atom is 0.408 e. The summed E-state index contributed by atoms with van der Waals surface area (Å²) in [4.78, 5) is 20.8. The normalized spacial score (nSPS) is 18.6. The van der Waals surface area contributed by atoms with Crippen molar-refractivity contribution in [2.45, 2.75) is 31.4 Å². The van der Waals surface area contributed by atoms with Crippen molar-refractivity contribution in [3.63, 3.8) is 0 Å². The lowest BCUT2D eigenvalue weighted by molar-refractivity contribution is -0.142. The average Bonchev–Trinajstić information content (AvgIpc) is 3.21. The van der Waals surface area contributed by atoms with Crippen LogP contribution in [0.1, 0.15) is 16.9 Å². The van der Waals surface area contributed by atoms with Crippen molar-refractivity contribution in [1.29, 1.82) is 0 Å². The Hall–Kier alpha value is -3.61. The van der Waals surface area contributed by atoms with Crippen molar-refractivity contribution >= 4 is 11.7 Å². The number of carbonyl (C=O) groups excluding carboxylic acids is 1. The molecule has 1 aliphatic heterocycles. The summed E-state index contributed by atoms with van der Waals surface area (Å²) >= 11 is 0. The molecular weight excluding hydrogens is 461 g/mol. The highest BCUT2D eigenvalue weighted by Gasteiger charge is 2.28. The van der Waals surface area contributed by atoms with Crippen LogP contribution < -0.4 is 16.4 Å². The molecule has 1 unspecified atom stereocenters. The maximum atomic E-state index is 14.6. The summed E-state index contributed by atoms with van der Waals surface area (Å²) < 4.78 is 66.8. The van der Waals surface area contributed by atoms with E-state index in [9.17, 15) is 26.7 Å². The number of amides is 1. The zero-order valence-electron chi connectivity index (χ0n) is 17.6. The minimum Gasteiger partial charge on any atom is -0.382 e. The Balaban J connectivity index is 1.60. The van der Waals surface area contributed by atoms with Crippen molar-refractivity contribution < 1.29 is 26.7 Å². The second kappa shape index (κ2) is 9.33. The van der Waals surface area contributed by atoms with Crippen molar-refractivity contribution in [2.24, 2.45) is 0 Å². The van der Waals surface area contributed by atoms with Gasteiger partial charge in [0.25, 0.3) is 5.91 Å². The van der Waals surface area contributed by atoms with Crippen molar-refractivity contribution in [1.82, 2.24) is 30.4 Å². The molecule has 0 spiro atoms. The monoisotopic (exact) mass is 481 g/mol. The largest absolute Gasteiger partial charge is 0.408 e. The van der Waals surface area contributed by atoms with Gasteiger partial charge >= 0.3 is 6.18 Å². The Morgan fingerprint density at radius 2 is 2.03 bits per heavy atom. The molecule has 2 atom stereocenters. The van der Waals surface area contributed by atoms with Crippen LogP contribution in [0.25, 0.3) is 22.4 Å². The third kappa shape index (κ3) is 5.47. The molecule has 4 N–H and O–H groups in total. The molecular formula is C21H20F5N7O. The van der Waals surface area contributed by atoms with Gasteiger partial charge in [-0.1, -0.05) is 6.07 Å². The average molecular weight is 481 g/mol. The topological polar surface area (TPSA) is 111 Å². The molecule has 3 aromatic rings. The Morgan fingerprint density at radius 3 is 2.76 bits per heavy atom. The second-order valence-electron chi connectivity index (χ2n) is 7.89. The molecule has 1 aliphatic rings. The van der Waals surface area contributed by atoms with Gasteiger partial charge in [0.1, 0.15) is 18.5 Å². The number of alkyl halides is 4. The van der Waals surface area contributed by atoms with Gasteiger partial charge in [-0.25, -0.2) is 18.7 Å². The number of nitrogens with zero attached hydrogens (tertiary/aromatic N) is 4. The number of halogens is 5. The lowest BCUT2D eigenvalue weighted by Crippen LogP contribution is -2.49. The SMILES string of the molecule is Nc1ncc(-c2cc(-c3cnn(CC(F)(F)F)c3)ccc2F)nc1C(=O)NC1CNC[C@@H](F)C1. The van der Waals surface area contributed by atoms with Crippen LogP contribution in [0.2, 0.25) is 0 Å². The summed E-state index contributed by atoms with van der Waals surface area (Å²) in [7, 11) is 0. The summed E-state index contributed by atoms with van der Waals surface area (Å²) in [6.07, 6.45) is -1.81. The number of piperidine rings is 1. The molecule has 8 nitrogen and oxygen atoms in total. The van der Waals surface area contributed by atoms with E-state index >= 15 is 0 Å². The number of nitrogen functional groups attached to an aromatic ring is 1. The molecule has 1 fully saturated rings. The van der Waals surface area contributed by atoms with Gasteiger partial charge in [0, 0.05) is 42.9 Å². The Morgan fingerprint density at radius 1 is 1.24 bits per heavy atom. The van der Waals surface area contributed by atoms with E-state index in [0.29, 0.717) is 17.7 Å². The lowest BCUT2D eigenvalue weighted by atomic mass is 10.0. The second-order valence-corrected chi connectivity index (χ2v) is 7.89. The molecule has 0 saturated carbocycles. The molecule has 1 saturated heterocycles. The molecule has 34 heavy (non-hydrogen) atoms. The van der Waals surface area contributed by atoms with E-state index in [1.54, 1.807) is 0 Å². The van der Waals surface area contributed by atoms with Gasteiger partial charge < -0.3 is 16.4 Å². The number of benzene rings is 1. The number of nitrogens with one attached hydrogen (secondary N) is 2. The maximum absolute atomic E-state index is 14.6. The van der Waals surface area contributed by atoms with Crippen LogP contribution in [0.15, 0.2) is 36.8 Å². The van der Waals surface area contributed by atoms with E-state index in [-0.39, 0.29) is 35.7 Å². The van der Waals surface area contributed by atoms with Crippen LogP contribution in [0.5, 0.6) is 0 Å². The number of aromatic nitrogens is 4. The van der Waals surface area contributed by atoms with Crippen molar-refractivity contribution in [2.75, 3.05) is 18.8 Å². The van der Waals surface area contributed by atoms with E-state index in [1.807, 2.05) is 0 Å². The van der Waals surface area contributed by atoms with Crippen LogP contribution in [-0.4, -0.2) is 57.1 Å². The van der Waals surface area contributed by atoms with Gasteiger partial charge in [-0.3, -0.25) is 9.48 Å². The summed E-state index contributed by atoms with van der Waals surface area (Å²) in [6.45, 7) is -0.685. The molecule has 13 heteroatoms. The first kappa shape index (κ1) is 23.5. The van der Waals surface area contributed by atoms with E-state index in [0.717, 1.165) is 10.7 Å². The van der Waals surface area contributed by atoms with Gasteiger partial charge in [-0.15, -0.1) is 0 Å². The molecule has 180 valence electrons. The fourth-order valence-corrected chi connectivity index (χ4v) is 3.63. The predicted octanol–water partition coefficient (Wildman–Crippen LogP) is 2.72. The van der Waals surface area contributed by atoms with Crippen molar-refractivity contribution in [3.8, 4) is 22.4 Å². The first-order valence-corrected chi connectivity index (χ1v) is 10.3. The highest BCUT2D eigenvalue weighted by Crippen LogP contribution is 2.29. The smallest absolute Gasteiger partial charge is 0.382 e. The zero-order valence-corrected chi connectivity index (χ0v) is 17.6. The van der Waals surface area contributed by atoms with Crippen LogP contribution in [0.4, 0.5) is 27.8 Å². The van der Waals surface area contributed by atoms with E-state index in [2.05, 4.69) is 25.7 Å². The molecule has 0 bridgehead atoms. The van der Waals surface area contributed by atoms with Crippen LogP contribution >= 0.6 is 0 Å². The standard InChI is InChI=1S/C21H20F5N7O/c22-13-4-14(7-28-6-13)31-20(34)18-19(27)29-8-17(32-18)15-3-11(1-2-16(15)23)12-5-30-33(9-12)10-21(24,25)26/h1-3,5,8-9,13-14,28H,4,6-7,10H2,(H2,27,29)(H,31,34)/t13-,14?/m0/s1. The fraction of sp³-hybridized carbons (Fsp3) is 0.333. The Kier molecular flexibility index (Phi) is 6.46. The number of hydrogen-bond acceptors (Lipinski definition) is 6. The van der Waals surface area contributed by atoms with E-state index < -0.39 is 36.7 Å². The predicted molar refractivity (Wildman–Crippen MR) is 113 cm³/mol. The van der Waals surface area contributed by atoms with Crippen LogP contribution in [0.3, 0.4) is 0 Å². The van der Waals surface area contributed by atoms with E-state index in [4.69, 9.17) is 5.73 Å². The van der Waals surface area contributed by atoms with Gasteiger partial charge in [0.2, 0.25) is 0 Å². The first-order valence-electron chi connectivity index (χ1n) is 10.3. The molecule has 1 aromatic carbocycles. The number of carbonyl (C=O) groups is 1. The number of anilines is 1. The fourth-order valence-electron chi connectivity index (χ4n) is 3.63. The van der Waals surface area contributed by atoms with E-state index in [1.165, 1.54) is 30.7 Å². The highest BCUT2D eigenvalue weighted by molar-refractivity contribution is 5.97. The van der Waals surface area contributed by atoms with Gasteiger partial charge in [-0.05, 0) is 17.7 Å². The molecule has 1 amide bonds. The first-order chi connectivity index (χ1) is 16.1. The highest BCUT2D eigenvalue weighted by atomic mass is 19.4. The third-order valence-electron chi connectivity index (χ3n) is 5.20. The van der Waals surface area contributed by atoms with Gasteiger partial charge in [0.15, 0.2) is 11.5 Å². The number of nitrogens with two attached hydrogens (primary N) is 1. The van der Waals surface area contributed by atoms with Gasteiger partial charge in [0.05, 0.1) is 18.1 Å². The summed E-state index contributed by atoms with van der Waals surface area (Å²) in [5.74, 6) is -1.56. The number of rotatable bonds is 5. The van der Waals surface area contributed by atoms with Crippen LogP contribution in [-0.2, 0) is 6.54 Å². The van der Waals surface area contributed by atoms with Gasteiger partial charge in [-0.2, -0.15) is 18.3 Å². The third-order valence-corrected chi connectivity index (χ3v) is 5.20. The Labute approximate surface area is 190 Å². The molecule has 0 radical (unpaired) electrons. The zero-order chi connectivity index (χ0) is 24.5. The Bertz CT molecular complexity index is 1200. The van der Waals surface area contributed by atoms with Crippen molar-refractivity contribution in [3.05, 3.63) is 48.3 Å². The summed E-state index contributed by atoms with van der Waals surface area (Å²) in [6, 6.07) is 3.40. The molecule has 4 rings (SSSR count).